The second-order valence-electron chi connectivity index (χ2n) is 11.6. The topological polar surface area (TPSA) is 72.9 Å². The molecule has 7 nitrogen and oxygen atoms in total. The van der Waals surface area contributed by atoms with Crippen LogP contribution in [-0.4, -0.2) is 61.9 Å². The molecule has 2 atom stereocenters. The summed E-state index contributed by atoms with van der Waals surface area (Å²) in [4.78, 5) is 20.8. The molecular weight excluding hydrogens is 621 g/mol. The van der Waals surface area contributed by atoms with E-state index in [1.807, 2.05) is 43.5 Å². The first-order valence-electron chi connectivity index (χ1n) is 15.3. The van der Waals surface area contributed by atoms with Gasteiger partial charge in [0.05, 0.1) is 16.0 Å². The molecule has 236 valence electrons. The number of methoxy groups -OCH3 is 1. The third kappa shape index (κ3) is 8.58. The molecule has 44 heavy (non-hydrogen) atoms. The van der Waals surface area contributed by atoms with Gasteiger partial charge >= 0.3 is 0 Å². The number of hydrogen-bond acceptors (Lipinski definition) is 6. The fourth-order valence-corrected chi connectivity index (χ4v) is 6.71. The maximum atomic E-state index is 14.1. The number of pyridine rings is 1. The molecule has 5 rings (SSSR count). The zero-order valence-corrected chi connectivity index (χ0v) is 27.6. The van der Waals surface area contributed by atoms with Gasteiger partial charge in [0.2, 0.25) is 11.8 Å². The highest BCUT2D eigenvalue weighted by Crippen LogP contribution is 2.37. The van der Waals surface area contributed by atoms with Gasteiger partial charge in [0.1, 0.15) is 13.2 Å². The molecule has 1 amide bonds. The minimum Gasteiger partial charge on any atom is -0.487 e. The van der Waals surface area contributed by atoms with Crippen LogP contribution < -0.4 is 14.8 Å². The lowest BCUT2D eigenvalue weighted by molar-refractivity contribution is -0.138. The molecular formula is C34H40Cl3N3O4. The van der Waals surface area contributed by atoms with Crippen LogP contribution in [0.4, 0.5) is 0 Å². The summed E-state index contributed by atoms with van der Waals surface area (Å²) < 4.78 is 16.8. The largest absolute Gasteiger partial charge is 0.487 e. The third-order valence-corrected chi connectivity index (χ3v) is 9.17. The molecule has 10 heteroatoms. The first kappa shape index (κ1) is 32.8. The fraction of sp³-hybridized carbons (Fsp3) is 0.471. The number of carbonyl (C=O) groups is 1. The molecule has 1 aromatic heterocycles. The minimum atomic E-state index is -0.181. The predicted molar refractivity (Wildman–Crippen MR) is 175 cm³/mol. The lowest BCUT2D eigenvalue weighted by Crippen LogP contribution is -2.47. The number of rotatable bonds is 14. The van der Waals surface area contributed by atoms with Gasteiger partial charge in [0.25, 0.3) is 0 Å². The molecule has 0 bridgehead atoms. The van der Waals surface area contributed by atoms with E-state index in [0.717, 1.165) is 61.9 Å². The zero-order chi connectivity index (χ0) is 31.1. The number of halogens is 3. The van der Waals surface area contributed by atoms with Crippen molar-refractivity contribution in [3.05, 3.63) is 86.0 Å². The molecule has 0 radical (unpaired) electrons. The van der Waals surface area contributed by atoms with Crippen molar-refractivity contribution in [1.82, 2.24) is 15.2 Å². The lowest BCUT2D eigenvalue weighted by Gasteiger charge is -2.35. The van der Waals surface area contributed by atoms with Crippen molar-refractivity contribution in [3.63, 3.8) is 0 Å². The number of amides is 1. The summed E-state index contributed by atoms with van der Waals surface area (Å²) in [6.07, 6.45) is 6.61. The standard InChI is InChI=1S/C34H40Cl3N3O4/c1-22-16-30(36)33(31(37)17-22)44-15-14-43-32-10-6-24(19-39-32)27-11-12-38-20-28(27)34(41)40(26-7-8-26)21-25-18-23(4-3-13-42-2)5-9-29(25)35/h5-6,9-10,16-19,26-28,38H,3-4,7-8,11-15,20-21H2,1-2H3/t27-,28+/m1/s1. The summed E-state index contributed by atoms with van der Waals surface area (Å²) in [5.74, 6) is 1.01. The second kappa shape index (κ2) is 15.6. The Balaban J connectivity index is 1.21. The van der Waals surface area contributed by atoms with Crippen LogP contribution in [0.15, 0.2) is 48.7 Å². The molecule has 1 aliphatic carbocycles. The fourth-order valence-electron chi connectivity index (χ4n) is 5.82. The molecule has 2 aliphatic rings. The Morgan fingerprint density at radius 2 is 1.75 bits per heavy atom. The molecule has 2 heterocycles. The maximum absolute atomic E-state index is 14.1. The number of nitrogens with one attached hydrogen (secondary N) is 1. The van der Waals surface area contributed by atoms with Gasteiger partial charge in [-0.1, -0.05) is 53.0 Å². The predicted octanol–water partition coefficient (Wildman–Crippen LogP) is 7.27. The van der Waals surface area contributed by atoms with Gasteiger partial charge in [0, 0.05) is 50.1 Å². The van der Waals surface area contributed by atoms with Crippen LogP contribution in [0.5, 0.6) is 11.6 Å². The van der Waals surface area contributed by atoms with Crippen molar-refractivity contribution in [2.45, 2.75) is 57.5 Å². The van der Waals surface area contributed by atoms with Crippen molar-refractivity contribution in [2.24, 2.45) is 5.92 Å². The SMILES string of the molecule is COCCCc1ccc(Cl)c(CN(C(=O)[C@H]2CNCC[C@@H]2c2ccc(OCCOc3c(Cl)cc(C)cc3Cl)nc2)C2CC2)c1. The molecule has 3 aromatic rings. The Morgan fingerprint density at radius 1 is 0.977 bits per heavy atom. The van der Waals surface area contributed by atoms with Crippen LogP contribution in [0.1, 0.15) is 53.9 Å². The third-order valence-electron chi connectivity index (χ3n) is 8.24. The zero-order valence-electron chi connectivity index (χ0n) is 25.3. The van der Waals surface area contributed by atoms with E-state index in [0.29, 0.717) is 39.8 Å². The number of ether oxygens (including phenoxy) is 3. The monoisotopic (exact) mass is 659 g/mol. The minimum absolute atomic E-state index is 0.0663. The van der Waals surface area contributed by atoms with E-state index < -0.39 is 0 Å². The maximum Gasteiger partial charge on any atom is 0.228 e. The molecule has 1 N–H and O–H groups in total. The first-order valence-corrected chi connectivity index (χ1v) is 16.4. The van der Waals surface area contributed by atoms with E-state index in [2.05, 4.69) is 27.3 Å². The Labute approximate surface area is 275 Å². The van der Waals surface area contributed by atoms with Crippen molar-refractivity contribution >= 4 is 40.7 Å². The molecule has 1 saturated heterocycles. The number of hydrogen-bond donors (Lipinski definition) is 1. The lowest BCUT2D eigenvalue weighted by atomic mass is 9.81. The van der Waals surface area contributed by atoms with Crippen molar-refractivity contribution in [1.29, 1.82) is 0 Å². The summed E-state index contributed by atoms with van der Waals surface area (Å²) >= 11 is 19.2. The van der Waals surface area contributed by atoms with Crippen LogP contribution in [0.3, 0.4) is 0 Å². The number of aryl methyl sites for hydroxylation is 2. The number of aromatic nitrogens is 1. The highest BCUT2D eigenvalue weighted by atomic mass is 35.5. The summed E-state index contributed by atoms with van der Waals surface area (Å²) in [6, 6.07) is 13.9. The Bertz CT molecular complexity index is 1390. The normalized spacial score (nSPS) is 18.2. The van der Waals surface area contributed by atoms with Crippen LogP contribution in [-0.2, 0) is 22.5 Å². The molecule has 2 fully saturated rings. The quantitative estimate of drug-likeness (QED) is 0.183. The number of benzene rings is 2. The van der Waals surface area contributed by atoms with Crippen molar-refractivity contribution < 1.29 is 19.0 Å². The average molecular weight is 661 g/mol. The summed E-state index contributed by atoms with van der Waals surface area (Å²) in [5.41, 5.74) is 4.22. The average Bonchev–Trinajstić information content (AvgIpc) is 3.86. The van der Waals surface area contributed by atoms with E-state index in [-0.39, 0.29) is 37.0 Å². The van der Waals surface area contributed by atoms with E-state index in [9.17, 15) is 4.79 Å². The Hall–Kier alpha value is -2.55. The highest BCUT2D eigenvalue weighted by Gasteiger charge is 2.40. The van der Waals surface area contributed by atoms with Gasteiger partial charge in [-0.25, -0.2) is 4.98 Å². The highest BCUT2D eigenvalue weighted by molar-refractivity contribution is 6.37. The van der Waals surface area contributed by atoms with Gasteiger partial charge in [-0.3, -0.25) is 4.79 Å². The van der Waals surface area contributed by atoms with E-state index in [4.69, 9.17) is 49.0 Å². The van der Waals surface area contributed by atoms with E-state index >= 15 is 0 Å². The van der Waals surface area contributed by atoms with Crippen LogP contribution >= 0.6 is 34.8 Å². The van der Waals surface area contributed by atoms with Crippen LogP contribution in [0.2, 0.25) is 15.1 Å². The van der Waals surface area contributed by atoms with Crippen LogP contribution in [0.25, 0.3) is 0 Å². The molecule has 1 saturated carbocycles. The smallest absolute Gasteiger partial charge is 0.228 e. The van der Waals surface area contributed by atoms with Gasteiger partial charge in [-0.2, -0.15) is 0 Å². The van der Waals surface area contributed by atoms with E-state index in [1.54, 1.807) is 7.11 Å². The molecule has 0 spiro atoms. The summed E-state index contributed by atoms with van der Waals surface area (Å²) in [6.45, 7) is 5.21. The number of nitrogens with zero attached hydrogens (tertiary/aromatic N) is 2. The van der Waals surface area contributed by atoms with Crippen molar-refractivity contribution in [2.75, 3.05) is 40.0 Å². The Morgan fingerprint density at radius 3 is 2.45 bits per heavy atom. The Kier molecular flexibility index (Phi) is 11.7. The van der Waals surface area contributed by atoms with E-state index in [1.165, 1.54) is 5.56 Å². The summed E-state index contributed by atoms with van der Waals surface area (Å²) in [7, 11) is 1.72. The molecule has 1 aliphatic heterocycles. The molecule has 0 unspecified atom stereocenters. The molecule has 2 aromatic carbocycles. The number of piperidine rings is 1. The van der Waals surface area contributed by atoms with Crippen LogP contribution in [0, 0.1) is 12.8 Å². The van der Waals surface area contributed by atoms with Gasteiger partial charge < -0.3 is 24.4 Å². The first-order chi connectivity index (χ1) is 21.3. The summed E-state index contributed by atoms with van der Waals surface area (Å²) in [5, 5.41) is 5.09. The number of carbonyl (C=O) groups excluding carboxylic acids is 1. The van der Waals surface area contributed by atoms with Gasteiger partial charge in [-0.05, 0) is 91.9 Å². The van der Waals surface area contributed by atoms with Gasteiger partial charge in [0.15, 0.2) is 5.75 Å². The van der Waals surface area contributed by atoms with Gasteiger partial charge in [-0.15, -0.1) is 0 Å². The van der Waals surface area contributed by atoms with Crippen molar-refractivity contribution in [3.8, 4) is 11.6 Å². The second-order valence-corrected chi connectivity index (χ2v) is 12.8.